The fourth-order valence-corrected chi connectivity index (χ4v) is 2.30. The van der Waals surface area contributed by atoms with Gasteiger partial charge in [0.1, 0.15) is 6.10 Å². The van der Waals surface area contributed by atoms with E-state index in [2.05, 4.69) is 0 Å². The van der Waals surface area contributed by atoms with Crippen molar-refractivity contribution in [3.63, 3.8) is 0 Å². The van der Waals surface area contributed by atoms with Gasteiger partial charge in [0.25, 0.3) is 5.91 Å². The molecule has 1 saturated heterocycles. The summed E-state index contributed by atoms with van der Waals surface area (Å²) in [5.41, 5.74) is 1.07. The average Bonchev–Trinajstić information content (AvgIpc) is 2.36. The zero-order valence-electron chi connectivity index (χ0n) is 10.4. The monoisotopic (exact) mass is 247 g/mol. The number of carbonyl (C=O) groups excluding carboxylic acids is 2. The second kappa shape index (κ2) is 5.31. The highest BCUT2D eigenvalue weighted by Gasteiger charge is 2.35. The van der Waals surface area contributed by atoms with Crippen LogP contribution in [0.4, 0.5) is 0 Å². The van der Waals surface area contributed by atoms with Gasteiger partial charge in [-0.3, -0.25) is 14.5 Å². The minimum absolute atomic E-state index is 0.186. The molecular weight excluding hydrogens is 230 g/mol. The molecule has 1 aliphatic heterocycles. The molecule has 1 aromatic carbocycles. The van der Waals surface area contributed by atoms with E-state index in [9.17, 15) is 14.7 Å². The van der Waals surface area contributed by atoms with Crippen molar-refractivity contribution in [2.75, 3.05) is 0 Å². The molecule has 18 heavy (non-hydrogen) atoms. The van der Waals surface area contributed by atoms with Gasteiger partial charge < -0.3 is 5.11 Å². The van der Waals surface area contributed by atoms with Crippen LogP contribution >= 0.6 is 0 Å². The van der Waals surface area contributed by atoms with E-state index in [4.69, 9.17) is 0 Å². The van der Waals surface area contributed by atoms with Crippen LogP contribution in [0.2, 0.25) is 0 Å². The standard InChI is InChI=1S/C14H17NO3/c1-10(9-11-5-3-2-4-6-11)15-13(17)8-7-12(16)14(15)18/h2-6,10,12,16H,7-9H2,1H3. The summed E-state index contributed by atoms with van der Waals surface area (Å²) in [5.74, 6) is -0.650. The molecule has 0 radical (unpaired) electrons. The number of amides is 2. The van der Waals surface area contributed by atoms with E-state index in [1.165, 1.54) is 4.90 Å². The molecule has 1 aromatic rings. The van der Waals surface area contributed by atoms with Crippen LogP contribution in [0.5, 0.6) is 0 Å². The van der Waals surface area contributed by atoms with Crippen LogP contribution in [0.25, 0.3) is 0 Å². The van der Waals surface area contributed by atoms with Gasteiger partial charge in [-0.05, 0) is 25.3 Å². The van der Waals surface area contributed by atoms with E-state index in [0.717, 1.165) is 5.56 Å². The molecular formula is C14H17NO3. The van der Waals surface area contributed by atoms with E-state index in [-0.39, 0.29) is 24.8 Å². The molecule has 4 heteroatoms. The molecule has 0 spiro atoms. The second-order valence-corrected chi connectivity index (χ2v) is 4.70. The number of piperidine rings is 1. The molecule has 1 N–H and O–H groups in total. The van der Waals surface area contributed by atoms with E-state index >= 15 is 0 Å². The third kappa shape index (κ3) is 2.59. The molecule has 2 atom stereocenters. The van der Waals surface area contributed by atoms with Crippen molar-refractivity contribution in [3.8, 4) is 0 Å². The highest BCUT2D eigenvalue weighted by molar-refractivity contribution is 6.00. The van der Waals surface area contributed by atoms with Crippen molar-refractivity contribution in [3.05, 3.63) is 35.9 Å². The van der Waals surface area contributed by atoms with E-state index in [0.29, 0.717) is 6.42 Å². The van der Waals surface area contributed by atoms with Gasteiger partial charge in [0.15, 0.2) is 0 Å². The lowest BCUT2D eigenvalue weighted by molar-refractivity contribution is -0.158. The lowest BCUT2D eigenvalue weighted by Crippen LogP contribution is -2.52. The summed E-state index contributed by atoms with van der Waals surface area (Å²) in [6, 6.07) is 9.49. The highest BCUT2D eigenvalue weighted by Crippen LogP contribution is 2.18. The zero-order chi connectivity index (χ0) is 13.1. The Labute approximate surface area is 106 Å². The Kier molecular flexibility index (Phi) is 3.77. The summed E-state index contributed by atoms with van der Waals surface area (Å²) in [4.78, 5) is 24.8. The zero-order valence-corrected chi connectivity index (χ0v) is 10.4. The Morgan fingerprint density at radius 2 is 2.00 bits per heavy atom. The van der Waals surface area contributed by atoms with Crippen molar-refractivity contribution in [2.45, 2.75) is 38.3 Å². The molecule has 1 fully saturated rings. The number of benzene rings is 1. The molecule has 2 rings (SSSR count). The number of nitrogens with zero attached hydrogens (tertiary/aromatic N) is 1. The van der Waals surface area contributed by atoms with Crippen molar-refractivity contribution in [2.24, 2.45) is 0 Å². The third-order valence-electron chi connectivity index (χ3n) is 3.24. The summed E-state index contributed by atoms with van der Waals surface area (Å²) in [6.07, 6.45) is 0.0736. The average molecular weight is 247 g/mol. The van der Waals surface area contributed by atoms with Crippen LogP contribution in [-0.2, 0) is 16.0 Å². The summed E-state index contributed by atoms with van der Waals surface area (Å²) in [7, 11) is 0. The number of likely N-dealkylation sites (tertiary alicyclic amines) is 1. The van der Waals surface area contributed by atoms with Crippen molar-refractivity contribution < 1.29 is 14.7 Å². The van der Waals surface area contributed by atoms with Crippen LogP contribution in [0, 0.1) is 0 Å². The first-order valence-electron chi connectivity index (χ1n) is 6.17. The van der Waals surface area contributed by atoms with Crippen molar-refractivity contribution in [1.82, 2.24) is 4.90 Å². The first kappa shape index (κ1) is 12.8. The maximum atomic E-state index is 11.8. The molecule has 2 amide bonds. The topological polar surface area (TPSA) is 57.6 Å². The summed E-state index contributed by atoms with van der Waals surface area (Å²) >= 11 is 0. The van der Waals surface area contributed by atoms with Gasteiger partial charge in [0.2, 0.25) is 5.91 Å². The van der Waals surface area contributed by atoms with Gasteiger partial charge in [-0.25, -0.2) is 0 Å². The predicted octanol–water partition coefficient (Wildman–Crippen LogP) is 1.13. The first-order valence-corrected chi connectivity index (χ1v) is 6.17. The maximum absolute atomic E-state index is 11.8. The van der Waals surface area contributed by atoms with E-state index < -0.39 is 12.0 Å². The molecule has 0 aliphatic carbocycles. The quantitative estimate of drug-likeness (QED) is 0.814. The SMILES string of the molecule is CC(Cc1ccccc1)N1C(=O)CCC(O)C1=O. The van der Waals surface area contributed by atoms with Gasteiger partial charge in [-0.1, -0.05) is 30.3 Å². The lowest BCUT2D eigenvalue weighted by atomic mass is 10.0. The largest absolute Gasteiger partial charge is 0.383 e. The van der Waals surface area contributed by atoms with Gasteiger partial charge in [0.05, 0.1) is 0 Å². The molecule has 0 aromatic heterocycles. The molecule has 0 saturated carbocycles. The Balaban J connectivity index is 2.10. The maximum Gasteiger partial charge on any atom is 0.258 e. The minimum atomic E-state index is -1.03. The van der Waals surface area contributed by atoms with Crippen LogP contribution in [0.15, 0.2) is 30.3 Å². The number of imide groups is 1. The lowest BCUT2D eigenvalue weighted by Gasteiger charge is -2.33. The van der Waals surface area contributed by atoms with Crippen LogP contribution in [0.3, 0.4) is 0 Å². The fourth-order valence-electron chi connectivity index (χ4n) is 2.30. The summed E-state index contributed by atoms with van der Waals surface area (Å²) in [5, 5.41) is 9.54. The van der Waals surface area contributed by atoms with Crippen LogP contribution in [-0.4, -0.2) is 34.0 Å². The number of aliphatic hydroxyl groups excluding tert-OH is 1. The molecule has 0 bridgehead atoms. The van der Waals surface area contributed by atoms with Crippen molar-refractivity contribution >= 4 is 11.8 Å². The number of carbonyl (C=O) groups is 2. The second-order valence-electron chi connectivity index (χ2n) is 4.70. The fraction of sp³-hybridized carbons (Fsp3) is 0.429. The normalized spacial score (nSPS) is 22.1. The molecule has 96 valence electrons. The van der Waals surface area contributed by atoms with Crippen molar-refractivity contribution in [1.29, 1.82) is 0 Å². The Bertz CT molecular complexity index is 444. The number of rotatable bonds is 3. The Hall–Kier alpha value is -1.68. The molecule has 2 unspecified atom stereocenters. The number of aliphatic hydroxyl groups is 1. The minimum Gasteiger partial charge on any atom is -0.383 e. The number of hydrogen-bond donors (Lipinski definition) is 1. The van der Waals surface area contributed by atoms with Gasteiger partial charge in [-0.15, -0.1) is 0 Å². The molecule has 1 aliphatic rings. The van der Waals surface area contributed by atoms with Crippen LogP contribution in [0.1, 0.15) is 25.3 Å². The molecule has 1 heterocycles. The summed E-state index contributed by atoms with van der Waals surface area (Å²) < 4.78 is 0. The predicted molar refractivity (Wildman–Crippen MR) is 66.7 cm³/mol. The Morgan fingerprint density at radius 1 is 1.33 bits per heavy atom. The highest BCUT2D eigenvalue weighted by atomic mass is 16.3. The van der Waals surface area contributed by atoms with Gasteiger partial charge >= 0.3 is 0 Å². The smallest absolute Gasteiger partial charge is 0.258 e. The van der Waals surface area contributed by atoms with Crippen LogP contribution < -0.4 is 0 Å². The third-order valence-corrected chi connectivity index (χ3v) is 3.24. The van der Waals surface area contributed by atoms with E-state index in [1.54, 1.807) is 0 Å². The molecule has 4 nitrogen and oxygen atoms in total. The first-order chi connectivity index (χ1) is 8.59. The Morgan fingerprint density at radius 3 is 2.67 bits per heavy atom. The summed E-state index contributed by atoms with van der Waals surface area (Å²) in [6.45, 7) is 1.83. The van der Waals surface area contributed by atoms with Gasteiger partial charge in [0, 0.05) is 12.5 Å². The van der Waals surface area contributed by atoms with E-state index in [1.807, 2.05) is 37.3 Å². The van der Waals surface area contributed by atoms with Gasteiger partial charge in [-0.2, -0.15) is 0 Å². The number of hydrogen-bond acceptors (Lipinski definition) is 3.